The number of imidazole rings is 1. The predicted molar refractivity (Wildman–Crippen MR) is 156 cm³/mol. The van der Waals surface area contributed by atoms with Gasteiger partial charge in [0, 0.05) is 30.1 Å². The zero-order valence-electron chi connectivity index (χ0n) is 22.6. The van der Waals surface area contributed by atoms with Crippen LogP contribution in [0.3, 0.4) is 0 Å². The minimum atomic E-state index is -0.569. The molecule has 0 atom stereocenters. The molecule has 4 aromatic rings. The number of benzene rings is 1. The van der Waals surface area contributed by atoms with Crippen molar-refractivity contribution < 1.29 is 23.4 Å². The van der Waals surface area contributed by atoms with Crippen molar-refractivity contribution in [1.82, 2.24) is 24.5 Å². The van der Waals surface area contributed by atoms with E-state index in [0.29, 0.717) is 39.1 Å². The number of likely N-dealkylation sites (N-methyl/N-ethyl adjacent to an activating group) is 1. The van der Waals surface area contributed by atoms with Crippen molar-refractivity contribution in [2.24, 2.45) is 5.73 Å². The number of primary amides is 1. The summed E-state index contributed by atoms with van der Waals surface area (Å²) in [6, 6.07) is 6.07. The average molecular weight is 642 g/mol. The summed E-state index contributed by atoms with van der Waals surface area (Å²) in [6.45, 7) is 0.742. The Hall–Kier alpha value is -4.83. The number of carbonyl (C=O) groups is 2. The molecule has 42 heavy (non-hydrogen) atoms. The molecule has 0 fully saturated rings. The van der Waals surface area contributed by atoms with E-state index in [9.17, 15) is 24.1 Å². The van der Waals surface area contributed by atoms with Crippen LogP contribution in [0.5, 0.6) is 0 Å². The second-order valence-electron chi connectivity index (χ2n) is 9.91. The van der Waals surface area contributed by atoms with E-state index in [0.717, 1.165) is 0 Å². The van der Waals surface area contributed by atoms with E-state index in [1.165, 1.54) is 31.0 Å². The van der Waals surface area contributed by atoms with Crippen molar-refractivity contribution in [3.05, 3.63) is 81.4 Å². The number of aromatic nitrogens is 5. The van der Waals surface area contributed by atoms with Crippen LogP contribution in [0.1, 0.15) is 12.1 Å². The molecule has 0 spiro atoms. The molecule has 0 aliphatic carbocycles. The molecule has 0 saturated carbocycles. The van der Waals surface area contributed by atoms with E-state index < -0.39 is 22.6 Å². The van der Waals surface area contributed by atoms with E-state index in [2.05, 4.69) is 46.5 Å². The van der Waals surface area contributed by atoms with Crippen LogP contribution in [-0.4, -0.2) is 66.4 Å². The van der Waals surface area contributed by atoms with Crippen LogP contribution in [0.15, 0.2) is 59.7 Å². The van der Waals surface area contributed by atoms with Crippen molar-refractivity contribution in [3.63, 3.8) is 0 Å². The third-order valence-electron chi connectivity index (χ3n) is 6.10. The molecule has 0 aliphatic rings. The first-order valence-electron chi connectivity index (χ1n) is 12.5. The zero-order chi connectivity index (χ0) is 30.4. The second-order valence-corrected chi connectivity index (χ2v) is 10.8. The van der Waals surface area contributed by atoms with Gasteiger partial charge in [0.1, 0.15) is 30.3 Å². The number of carbonyl (C=O) groups excluding carboxylic acids is 2. The van der Waals surface area contributed by atoms with Gasteiger partial charge in [0.05, 0.1) is 36.8 Å². The number of hydrogen-bond acceptors (Lipinski definition) is 9. The highest BCUT2D eigenvalue weighted by Crippen LogP contribution is 2.27. The SMILES string of the molecule is C[N+](C)(C/C=C/C(=O)Nc1cc2c(Nc3ccc(F)c(Br)c3)ncnc2cn1)Cc1c([N+](=O)[O-])ncn1CCC(N)=O. The number of nitro groups is 1. The Morgan fingerprint density at radius 2 is 2.00 bits per heavy atom. The minimum Gasteiger partial charge on any atom is -0.370 e. The van der Waals surface area contributed by atoms with Crippen molar-refractivity contribution in [3.8, 4) is 0 Å². The van der Waals surface area contributed by atoms with Crippen molar-refractivity contribution in [2.75, 3.05) is 31.3 Å². The number of hydrogen-bond donors (Lipinski definition) is 3. The lowest BCUT2D eigenvalue weighted by molar-refractivity contribution is -0.898. The summed E-state index contributed by atoms with van der Waals surface area (Å²) in [5, 5.41) is 17.9. The Morgan fingerprint density at radius 3 is 2.71 bits per heavy atom. The molecule has 1 aromatic carbocycles. The van der Waals surface area contributed by atoms with Crippen LogP contribution in [0, 0.1) is 15.9 Å². The Balaban J connectivity index is 1.43. The topological polar surface area (TPSA) is 184 Å². The molecule has 3 heterocycles. The molecule has 16 heteroatoms. The first kappa shape index (κ1) is 30.1. The van der Waals surface area contributed by atoms with Gasteiger partial charge in [0.15, 0.2) is 5.69 Å². The second kappa shape index (κ2) is 12.8. The highest BCUT2D eigenvalue weighted by Gasteiger charge is 2.28. The van der Waals surface area contributed by atoms with Crippen LogP contribution in [-0.2, 0) is 22.7 Å². The molecular weight excluding hydrogens is 615 g/mol. The predicted octanol–water partition coefficient (Wildman–Crippen LogP) is 3.42. The number of amides is 2. The average Bonchev–Trinajstić information content (AvgIpc) is 3.31. The van der Waals surface area contributed by atoms with Gasteiger partial charge in [-0.3, -0.25) is 9.59 Å². The summed E-state index contributed by atoms with van der Waals surface area (Å²) in [4.78, 5) is 51.4. The summed E-state index contributed by atoms with van der Waals surface area (Å²) in [5.41, 5.74) is 6.70. The highest BCUT2D eigenvalue weighted by molar-refractivity contribution is 9.10. The molecule has 0 radical (unpaired) electrons. The maximum absolute atomic E-state index is 13.6. The Bertz CT molecular complexity index is 1690. The van der Waals surface area contributed by atoms with E-state index in [1.54, 1.807) is 28.8 Å². The van der Waals surface area contributed by atoms with Crippen molar-refractivity contribution in [2.45, 2.75) is 19.5 Å². The molecular formula is C26H27BrFN10O4+. The Morgan fingerprint density at radius 1 is 1.21 bits per heavy atom. The number of nitrogens with one attached hydrogen (secondary N) is 2. The van der Waals surface area contributed by atoms with Gasteiger partial charge in [-0.2, -0.15) is 0 Å². The van der Waals surface area contributed by atoms with Crippen molar-refractivity contribution >= 4 is 61.8 Å². The molecule has 3 aromatic heterocycles. The lowest BCUT2D eigenvalue weighted by Gasteiger charge is -2.28. The fourth-order valence-corrected chi connectivity index (χ4v) is 4.43. The molecule has 4 N–H and O–H groups in total. The van der Waals surface area contributed by atoms with Gasteiger partial charge in [0.2, 0.25) is 18.1 Å². The maximum Gasteiger partial charge on any atom is 0.390 e. The molecule has 4 rings (SSSR count). The van der Waals surface area contributed by atoms with E-state index in [-0.39, 0.29) is 35.6 Å². The summed E-state index contributed by atoms with van der Waals surface area (Å²) in [5.74, 6) is -0.950. The third kappa shape index (κ3) is 7.67. The van der Waals surface area contributed by atoms with Gasteiger partial charge in [-0.05, 0) is 56.2 Å². The van der Waals surface area contributed by atoms with E-state index >= 15 is 0 Å². The first-order chi connectivity index (χ1) is 19.9. The number of halogens is 2. The smallest absolute Gasteiger partial charge is 0.370 e. The highest BCUT2D eigenvalue weighted by atomic mass is 79.9. The molecule has 0 saturated heterocycles. The molecule has 218 valence electrons. The normalized spacial score (nSPS) is 11.6. The monoisotopic (exact) mass is 641 g/mol. The van der Waals surface area contributed by atoms with Gasteiger partial charge >= 0.3 is 5.82 Å². The first-order valence-corrected chi connectivity index (χ1v) is 13.3. The third-order valence-corrected chi connectivity index (χ3v) is 6.71. The van der Waals surface area contributed by atoms with Gasteiger partial charge < -0.3 is 35.5 Å². The number of pyridine rings is 1. The summed E-state index contributed by atoms with van der Waals surface area (Å²) in [7, 11) is 3.69. The molecule has 14 nitrogen and oxygen atoms in total. The van der Waals surface area contributed by atoms with Crippen LogP contribution < -0.4 is 16.4 Å². The summed E-state index contributed by atoms with van der Waals surface area (Å²) in [6.07, 6.45) is 7.20. The summed E-state index contributed by atoms with van der Waals surface area (Å²) >= 11 is 3.16. The fraction of sp³-hybridized carbons (Fsp3) is 0.231. The lowest BCUT2D eigenvalue weighted by Crippen LogP contribution is -2.39. The van der Waals surface area contributed by atoms with Crippen LogP contribution in [0.4, 0.5) is 27.5 Å². The number of rotatable bonds is 12. The molecule has 0 bridgehead atoms. The standard InChI is InChI=1S/C26H26BrFN10O4/c1-38(2,13-21-26(37(41)42)33-15-36(21)8-7-22(29)39)9-3-4-24(40)35-23-11-17-20(12-30-23)31-14-32-25(17)34-16-5-6-19(28)18(27)10-16/h3-6,10-12,14-15H,7-9,13H2,1-2H3,(H3-,29,30,31,32,34,35,39,40)/p+1/b4-3+. The van der Waals surface area contributed by atoms with Crippen LogP contribution >= 0.6 is 15.9 Å². The van der Waals surface area contributed by atoms with Crippen LogP contribution in [0.2, 0.25) is 0 Å². The van der Waals surface area contributed by atoms with Gasteiger partial charge in [0.25, 0.3) is 0 Å². The zero-order valence-corrected chi connectivity index (χ0v) is 24.2. The van der Waals surface area contributed by atoms with E-state index in [4.69, 9.17) is 5.73 Å². The van der Waals surface area contributed by atoms with E-state index in [1.807, 2.05) is 14.1 Å². The largest absolute Gasteiger partial charge is 0.390 e. The van der Waals surface area contributed by atoms with Gasteiger partial charge in [-0.15, -0.1) is 0 Å². The maximum atomic E-state index is 13.6. The number of anilines is 3. The number of nitrogens with two attached hydrogens (primary N) is 1. The number of nitrogens with zero attached hydrogens (tertiary/aromatic N) is 7. The summed E-state index contributed by atoms with van der Waals surface area (Å²) < 4.78 is 15.7. The Kier molecular flexibility index (Phi) is 9.17. The van der Waals surface area contributed by atoms with Crippen molar-refractivity contribution in [1.29, 1.82) is 0 Å². The fourth-order valence-electron chi connectivity index (χ4n) is 4.06. The number of fused-ring (bicyclic) bond motifs is 1. The molecule has 2 amide bonds. The lowest BCUT2D eigenvalue weighted by atomic mass is 10.2. The van der Waals surface area contributed by atoms with Gasteiger partial charge in [-0.25, -0.2) is 19.3 Å². The minimum absolute atomic E-state index is 0.0184. The van der Waals surface area contributed by atoms with Crippen LogP contribution in [0.25, 0.3) is 10.9 Å². The van der Waals surface area contributed by atoms with Gasteiger partial charge in [-0.1, -0.05) is 0 Å². The number of aryl methyl sites for hydroxylation is 1. The Labute approximate surface area is 247 Å². The molecule has 0 aliphatic heterocycles. The number of quaternary nitrogens is 1. The molecule has 0 unspecified atom stereocenters. The quantitative estimate of drug-likeness (QED) is 0.0902.